The van der Waals surface area contributed by atoms with Gasteiger partial charge in [-0.05, 0) is 19.1 Å². The summed E-state index contributed by atoms with van der Waals surface area (Å²) in [6.45, 7) is 1.67. The highest BCUT2D eigenvalue weighted by Gasteiger charge is 2.11. The molecule has 0 aliphatic heterocycles. The van der Waals surface area contributed by atoms with Gasteiger partial charge in [-0.2, -0.15) is 5.10 Å². The van der Waals surface area contributed by atoms with E-state index in [1.165, 1.54) is 4.68 Å². The molecule has 15 heavy (non-hydrogen) atoms. The molecule has 1 aromatic carbocycles. The Morgan fingerprint density at radius 1 is 1.60 bits per heavy atom. The lowest BCUT2D eigenvalue weighted by Gasteiger charge is -1.98. The Balaban J connectivity index is 2.64. The van der Waals surface area contributed by atoms with Crippen LogP contribution in [0.5, 0.6) is 0 Å². The van der Waals surface area contributed by atoms with Crippen molar-refractivity contribution >= 4 is 28.5 Å². The van der Waals surface area contributed by atoms with E-state index in [1.807, 2.05) is 13.0 Å². The maximum absolute atomic E-state index is 10.6. The third-order valence-electron chi connectivity index (χ3n) is 2.25. The van der Waals surface area contributed by atoms with Gasteiger partial charge in [0.25, 0.3) is 0 Å². The number of fused-ring (bicyclic) bond motifs is 1. The zero-order chi connectivity index (χ0) is 11.0. The molecule has 2 aromatic rings. The number of nitrogens with zero attached hydrogens (tertiary/aromatic N) is 2. The van der Waals surface area contributed by atoms with Crippen molar-refractivity contribution in [3.63, 3.8) is 0 Å². The van der Waals surface area contributed by atoms with Gasteiger partial charge in [-0.3, -0.25) is 9.48 Å². The maximum Gasteiger partial charge on any atom is 0.325 e. The van der Waals surface area contributed by atoms with Crippen LogP contribution in [0.4, 0.5) is 0 Å². The van der Waals surface area contributed by atoms with Crippen LogP contribution in [-0.2, 0) is 11.3 Å². The zero-order valence-electron chi connectivity index (χ0n) is 8.07. The minimum atomic E-state index is -0.915. The van der Waals surface area contributed by atoms with Gasteiger partial charge in [0.05, 0.1) is 10.5 Å². The predicted molar refractivity (Wildman–Crippen MR) is 57.1 cm³/mol. The topological polar surface area (TPSA) is 55.1 Å². The summed E-state index contributed by atoms with van der Waals surface area (Å²) in [6.07, 6.45) is 0. The van der Waals surface area contributed by atoms with E-state index in [2.05, 4.69) is 5.10 Å². The summed E-state index contributed by atoms with van der Waals surface area (Å²) in [7, 11) is 0. The maximum atomic E-state index is 10.6. The lowest BCUT2D eigenvalue weighted by Crippen LogP contribution is -2.11. The molecular formula is C10H9ClN2O2. The molecule has 0 atom stereocenters. The molecule has 0 unspecified atom stereocenters. The van der Waals surface area contributed by atoms with E-state index in [0.717, 1.165) is 16.6 Å². The van der Waals surface area contributed by atoms with Gasteiger partial charge in [-0.15, -0.1) is 0 Å². The van der Waals surface area contributed by atoms with Crippen molar-refractivity contribution < 1.29 is 9.90 Å². The molecular weight excluding hydrogens is 216 g/mol. The first kappa shape index (κ1) is 9.98. The van der Waals surface area contributed by atoms with Crippen molar-refractivity contribution in [3.8, 4) is 0 Å². The number of halogens is 1. The molecule has 0 amide bonds. The number of carboxylic acids is 1. The van der Waals surface area contributed by atoms with Gasteiger partial charge in [0, 0.05) is 11.1 Å². The third-order valence-corrected chi connectivity index (χ3v) is 2.57. The minimum Gasteiger partial charge on any atom is -0.480 e. The normalized spacial score (nSPS) is 10.8. The van der Waals surface area contributed by atoms with E-state index in [0.29, 0.717) is 5.02 Å². The van der Waals surface area contributed by atoms with E-state index in [9.17, 15) is 4.79 Å². The molecule has 0 aliphatic carbocycles. The molecule has 0 radical (unpaired) electrons. The second kappa shape index (κ2) is 3.55. The smallest absolute Gasteiger partial charge is 0.325 e. The van der Waals surface area contributed by atoms with Crippen molar-refractivity contribution in [2.45, 2.75) is 13.5 Å². The SMILES string of the molecule is Cc1c2c(Cl)cccc2nn1CC(=O)O. The van der Waals surface area contributed by atoms with Crippen LogP contribution in [0.15, 0.2) is 18.2 Å². The Morgan fingerprint density at radius 3 is 2.93 bits per heavy atom. The summed E-state index contributed by atoms with van der Waals surface area (Å²) in [5.41, 5.74) is 1.50. The van der Waals surface area contributed by atoms with Crippen LogP contribution < -0.4 is 0 Å². The number of aromatic nitrogens is 2. The Labute approximate surface area is 91.1 Å². The summed E-state index contributed by atoms with van der Waals surface area (Å²) < 4.78 is 1.44. The highest BCUT2D eigenvalue weighted by atomic mass is 35.5. The van der Waals surface area contributed by atoms with Gasteiger partial charge in [0.1, 0.15) is 6.54 Å². The third kappa shape index (κ3) is 1.68. The monoisotopic (exact) mass is 224 g/mol. The average molecular weight is 225 g/mol. The van der Waals surface area contributed by atoms with Gasteiger partial charge >= 0.3 is 5.97 Å². The largest absolute Gasteiger partial charge is 0.480 e. The van der Waals surface area contributed by atoms with Crippen LogP contribution >= 0.6 is 11.6 Å². The highest BCUT2D eigenvalue weighted by molar-refractivity contribution is 6.35. The molecule has 1 heterocycles. The summed E-state index contributed by atoms with van der Waals surface area (Å²) in [6, 6.07) is 5.37. The number of aliphatic carboxylic acids is 1. The number of rotatable bonds is 2. The quantitative estimate of drug-likeness (QED) is 0.850. The second-order valence-corrected chi connectivity index (χ2v) is 3.68. The van der Waals surface area contributed by atoms with E-state index in [-0.39, 0.29) is 6.54 Å². The van der Waals surface area contributed by atoms with E-state index in [4.69, 9.17) is 16.7 Å². The van der Waals surface area contributed by atoms with Crippen molar-refractivity contribution in [2.75, 3.05) is 0 Å². The molecule has 0 fully saturated rings. The Kier molecular flexibility index (Phi) is 2.36. The molecule has 0 spiro atoms. The fourth-order valence-corrected chi connectivity index (χ4v) is 1.88. The van der Waals surface area contributed by atoms with Crippen molar-refractivity contribution in [3.05, 3.63) is 28.9 Å². The number of carbonyl (C=O) groups is 1. The molecule has 4 nitrogen and oxygen atoms in total. The number of hydrogen-bond acceptors (Lipinski definition) is 2. The number of aryl methyl sites for hydroxylation is 1. The van der Waals surface area contributed by atoms with Crippen LogP contribution in [0.25, 0.3) is 10.9 Å². The molecule has 78 valence electrons. The van der Waals surface area contributed by atoms with Crippen LogP contribution in [-0.4, -0.2) is 20.9 Å². The first-order valence-electron chi connectivity index (χ1n) is 4.43. The lowest BCUT2D eigenvalue weighted by molar-refractivity contribution is -0.137. The summed E-state index contributed by atoms with van der Waals surface area (Å²) in [5, 5.41) is 14.3. The first-order valence-corrected chi connectivity index (χ1v) is 4.81. The van der Waals surface area contributed by atoms with E-state index >= 15 is 0 Å². The van der Waals surface area contributed by atoms with Crippen LogP contribution in [0.3, 0.4) is 0 Å². The lowest BCUT2D eigenvalue weighted by atomic mass is 10.2. The number of benzene rings is 1. The average Bonchev–Trinajstić information content (AvgIpc) is 2.44. The van der Waals surface area contributed by atoms with Gasteiger partial charge in [-0.1, -0.05) is 17.7 Å². The molecule has 0 saturated heterocycles. The molecule has 1 N–H and O–H groups in total. The molecule has 5 heteroatoms. The summed E-state index contributed by atoms with van der Waals surface area (Å²) >= 11 is 6.01. The fraction of sp³-hybridized carbons (Fsp3) is 0.200. The van der Waals surface area contributed by atoms with Gasteiger partial charge in [0.2, 0.25) is 0 Å². The number of carboxylic acid groups (broad SMARTS) is 1. The molecule has 2 rings (SSSR count). The Hall–Kier alpha value is -1.55. The Morgan fingerprint density at radius 2 is 2.33 bits per heavy atom. The van der Waals surface area contributed by atoms with Crippen molar-refractivity contribution in [2.24, 2.45) is 0 Å². The van der Waals surface area contributed by atoms with Crippen LogP contribution in [0.2, 0.25) is 5.02 Å². The van der Waals surface area contributed by atoms with E-state index in [1.54, 1.807) is 12.1 Å². The molecule has 0 aliphatic rings. The minimum absolute atomic E-state index is 0.142. The van der Waals surface area contributed by atoms with Crippen LogP contribution in [0, 0.1) is 6.92 Å². The molecule has 0 saturated carbocycles. The van der Waals surface area contributed by atoms with Crippen molar-refractivity contribution in [1.29, 1.82) is 0 Å². The predicted octanol–water partition coefficient (Wildman–Crippen LogP) is 2.08. The van der Waals surface area contributed by atoms with E-state index < -0.39 is 5.97 Å². The van der Waals surface area contributed by atoms with Crippen LogP contribution in [0.1, 0.15) is 5.69 Å². The zero-order valence-corrected chi connectivity index (χ0v) is 8.82. The summed E-state index contributed by atoms with van der Waals surface area (Å²) in [5.74, 6) is -0.915. The number of hydrogen-bond donors (Lipinski definition) is 1. The molecule has 0 bridgehead atoms. The molecule has 1 aromatic heterocycles. The highest BCUT2D eigenvalue weighted by Crippen LogP contribution is 2.25. The second-order valence-electron chi connectivity index (χ2n) is 3.27. The first-order chi connectivity index (χ1) is 7.09. The van der Waals surface area contributed by atoms with Crippen molar-refractivity contribution in [1.82, 2.24) is 9.78 Å². The Bertz CT molecular complexity index is 533. The van der Waals surface area contributed by atoms with Gasteiger partial charge in [0.15, 0.2) is 0 Å². The summed E-state index contributed by atoms with van der Waals surface area (Å²) in [4.78, 5) is 10.6. The van der Waals surface area contributed by atoms with Gasteiger partial charge in [-0.25, -0.2) is 0 Å². The fourth-order valence-electron chi connectivity index (χ4n) is 1.57. The standard InChI is InChI=1S/C10H9ClN2O2/c1-6-10-7(11)3-2-4-8(10)12-13(6)5-9(14)15/h2-4H,5H2,1H3,(H,14,15). The van der Waals surface area contributed by atoms with Gasteiger partial charge < -0.3 is 5.11 Å².